The highest BCUT2D eigenvalue weighted by atomic mass is 32.2. The highest BCUT2D eigenvalue weighted by molar-refractivity contribution is 8.00. The summed E-state index contributed by atoms with van der Waals surface area (Å²) in [5.41, 5.74) is 0.250. The third-order valence-electron chi connectivity index (χ3n) is 2.75. The highest BCUT2D eigenvalue weighted by Gasteiger charge is 2.24. The summed E-state index contributed by atoms with van der Waals surface area (Å²) < 4.78 is 7.20. The Morgan fingerprint density at radius 2 is 2.05 bits per heavy atom. The van der Waals surface area contributed by atoms with E-state index >= 15 is 0 Å². The van der Waals surface area contributed by atoms with E-state index in [2.05, 4.69) is 15.2 Å². The maximum atomic E-state index is 12.0. The van der Waals surface area contributed by atoms with Crippen LogP contribution < -0.4 is 0 Å². The topological polar surface area (TPSA) is 69.9 Å². The second-order valence-corrected chi connectivity index (χ2v) is 7.18. The van der Waals surface area contributed by atoms with Crippen LogP contribution in [-0.4, -0.2) is 36.6 Å². The lowest BCUT2D eigenvalue weighted by atomic mass is 10.2. The van der Waals surface area contributed by atoms with Crippen LogP contribution >= 0.6 is 11.8 Å². The number of hydrogen-bond acceptors (Lipinski definition) is 6. The molecule has 2 aromatic heterocycles. The van der Waals surface area contributed by atoms with E-state index < -0.39 is 5.60 Å². The van der Waals surface area contributed by atoms with Gasteiger partial charge in [0.05, 0.1) is 0 Å². The van der Waals surface area contributed by atoms with E-state index in [-0.39, 0.29) is 11.2 Å². The lowest BCUT2D eigenvalue weighted by molar-refractivity contribution is -0.153. The number of ether oxygens (including phenoxy) is 1. The van der Waals surface area contributed by atoms with Crippen LogP contribution in [0.3, 0.4) is 0 Å². The van der Waals surface area contributed by atoms with Gasteiger partial charge in [0.25, 0.3) is 0 Å². The Kier molecular flexibility index (Phi) is 4.85. The summed E-state index contributed by atoms with van der Waals surface area (Å²) in [4.78, 5) is 16.3. The lowest BCUT2D eigenvalue weighted by Crippen LogP contribution is -2.29. The van der Waals surface area contributed by atoms with Crippen molar-refractivity contribution in [1.29, 1.82) is 0 Å². The third-order valence-corrected chi connectivity index (χ3v) is 3.86. The maximum Gasteiger partial charge on any atom is 0.319 e. The Morgan fingerprint density at radius 1 is 1.32 bits per heavy atom. The first-order valence-corrected chi connectivity index (χ1v) is 7.86. The zero-order chi connectivity index (χ0) is 16.3. The fourth-order valence-electron chi connectivity index (χ4n) is 1.73. The van der Waals surface area contributed by atoms with Crippen molar-refractivity contribution in [2.75, 3.05) is 0 Å². The van der Waals surface area contributed by atoms with Crippen LogP contribution in [0, 0.1) is 0 Å². The number of nitrogens with zero attached hydrogens (tertiary/aromatic N) is 4. The average Bonchev–Trinajstić information content (AvgIpc) is 2.79. The molecule has 0 aliphatic rings. The second-order valence-electron chi connectivity index (χ2n) is 5.87. The van der Waals surface area contributed by atoms with Gasteiger partial charge in [-0.1, -0.05) is 17.8 Å². The van der Waals surface area contributed by atoms with Crippen molar-refractivity contribution in [2.24, 2.45) is 7.05 Å². The summed E-state index contributed by atoms with van der Waals surface area (Å²) in [7, 11) is 1.86. The van der Waals surface area contributed by atoms with Crippen LogP contribution in [0.2, 0.25) is 0 Å². The van der Waals surface area contributed by atoms with Crippen molar-refractivity contribution in [3.63, 3.8) is 0 Å². The minimum atomic E-state index is -0.495. The van der Waals surface area contributed by atoms with Crippen molar-refractivity contribution in [1.82, 2.24) is 19.7 Å². The molecule has 0 fully saturated rings. The van der Waals surface area contributed by atoms with Gasteiger partial charge in [-0.05, 0) is 39.8 Å². The number of thioether (sulfide) groups is 1. The van der Waals surface area contributed by atoms with Crippen molar-refractivity contribution >= 4 is 17.7 Å². The predicted octanol–water partition coefficient (Wildman–Crippen LogP) is 2.70. The van der Waals surface area contributed by atoms with Crippen molar-refractivity contribution in [3.05, 3.63) is 24.4 Å². The van der Waals surface area contributed by atoms with E-state index in [0.29, 0.717) is 11.0 Å². The van der Waals surface area contributed by atoms with Crippen molar-refractivity contribution in [2.45, 2.75) is 43.7 Å². The van der Waals surface area contributed by atoms with E-state index in [1.54, 1.807) is 13.1 Å². The molecular formula is C15H20N4O2S. The first-order valence-electron chi connectivity index (χ1n) is 6.98. The SMILES string of the molecule is C[C@H](Sc1nnc(-c2ccccn2)n1C)C(=O)OC(C)(C)C. The van der Waals surface area contributed by atoms with Crippen LogP contribution in [0.25, 0.3) is 11.5 Å². The van der Waals surface area contributed by atoms with Crippen LogP contribution in [0.4, 0.5) is 0 Å². The Labute approximate surface area is 134 Å². The molecule has 0 bridgehead atoms. The molecule has 22 heavy (non-hydrogen) atoms. The minimum Gasteiger partial charge on any atom is -0.459 e. The maximum absolute atomic E-state index is 12.0. The van der Waals surface area contributed by atoms with Gasteiger partial charge >= 0.3 is 5.97 Å². The molecule has 2 rings (SSSR count). The van der Waals surface area contributed by atoms with Gasteiger partial charge in [-0.15, -0.1) is 10.2 Å². The number of esters is 1. The van der Waals surface area contributed by atoms with Crippen molar-refractivity contribution in [3.8, 4) is 11.5 Å². The molecule has 1 atom stereocenters. The Hall–Kier alpha value is -1.89. The standard InChI is InChI=1S/C15H20N4O2S/c1-10(13(20)21-15(2,3)4)22-14-18-17-12(19(14)5)11-8-6-7-9-16-11/h6-10H,1-5H3/t10-/m0/s1. The molecule has 0 saturated heterocycles. The molecule has 0 saturated carbocycles. The Balaban J connectivity index is 2.12. The predicted molar refractivity (Wildman–Crippen MR) is 85.4 cm³/mol. The molecule has 2 heterocycles. The molecule has 0 aromatic carbocycles. The van der Waals surface area contributed by atoms with Gasteiger partial charge in [0.15, 0.2) is 11.0 Å². The van der Waals surface area contributed by atoms with Gasteiger partial charge in [0.2, 0.25) is 0 Å². The monoisotopic (exact) mass is 320 g/mol. The van der Waals surface area contributed by atoms with Crippen molar-refractivity contribution < 1.29 is 9.53 Å². The fourth-order valence-corrected chi connectivity index (χ4v) is 2.52. The number of rotatable bonds is 4. The smallest absolute Gasteiger partial charge is 0.319 e. The molecule has 118 valence electrons. The molecule has 0 aliphatic heterocycles. The van der Waals surface area contributed by atoms with Gasteiger partial charge in [-0.25, -0.2) is 0 Å². The Morgan fingerprint density at radius 3 is 2.64 bits per heavy atom. The number of carbonyl (C=O) groups is 1. The molecule has 6 nitrogen and oxygen atoms in total. The number of aromatic nitrogens is 4. The number of pyridine rings is 1. The summed E-state index contributed by atoms with van der Waals surface area (Å²) in [6.45, 7) is 7.35. The van der Waals surface area contributed by atoms with Gasteiger partial charge in [0, 0.05) is 13.2 Å². The molecule has 0 spiro atoms. The zero-order valence-electron chi connectivity index (χ0n) is 13.4. The van der Waals surface area contributed by atoms with E-state index in [1.165, 1.54) is 11.8 Å². The summed E-state index contributed by atoms with van der Waals surface area (Å²) in [6, 6.07) is 5.61. The summed E-state index contributed by atoms with van der Waals surface area (Å²) in [5.74, 6) is 0.402. The first kappa shape index (κ1) is 16.5. The van der Waals surface area contributed by atoms with Crippen LogP contribution in [0.1, 0.15) is 27.7 Å². The summed E-state index contributed by atoms with van der Waals surface area (Å²) in [5, 5.41) is 8.58. The van der Waals surface area contributed by atoms with Crippen LogP contribution in [0.5, 0.6) is 0 Å². The zero-order valence-corrected chi connectivity index (χ0v) is 14.2. The normalized spacial score (nSPS) is 13.0. The van der Waals surface area contributed by atoms with E-state index in [1.807, 2.05) is 50.6 Å². The summed E-state index contributed by atoms with van der Waals surface area (Å²) >= 11 is 1.32. The number of hydrogen-bond donors (Lipinski definition) is 0. The minimum absolute atomic E-state index is 0.264. The van der Waals surface area contributed by atoms with Gasteiger partial charge in [-0.2, -0.15) is 0 Å². The molecule has 0 aliphatic carbocycles. The quantitative estimate of drug-likeness (QED) is 0.637. The van der Waals surface area contributed by atoms with E-state index in [4.69, 9.17) is 4.74 Å². The number of carbonyl (C=O) groups excluding carboxylic acids is 1. The van der Waals surface area contributed by atoms with E-state index in [9.17, 15) is 4.79 Å². The van der Waals surface area contributed by atoms with E-state index in [0.717, 1.165) is 5.69 Å². The molecule has 0 radical (unpaired) electrons. The third kappa shape index (κ3) is 4.07. The van der Waals surface area contributed by atoms with Gasteiger partial charge in [-0.3, -0.25) is 9.78 Å². The highest BCUT2D eigenvalue weighted by Crippen LogP contribution is 2.26. The second kappa shape index (κ2) is 6.48. The Bertz CT molecular complexity index is 649. The molecule has 0 N–H and O–H groups in total. The lowest BCUT2D eigenvalue weighted by Gasteiger charge is -2.21. The largest absolute Gasteiger partial charge is 0.459 e. The molecule has 7 heteroatoms. The average molecular weight is 320 g/mol. The van der Waals surface area contributed by atoms with Gasteiger partial charge in [0.1, 0.15) is 16.5 Å². The molecule has 0 unspecified atom stereocenters. The molecular weight excluding hydrogens is 300 g/mol. The van der Waals surface area contributed by atoms with Crippen LogP contribution in [-0.2, 0) is 16.6 Å². The summed E-state index contributed by atoms with van der Waals surface area (Å²) in [6.07, 6.45) is 1.71. The molecule has 2 aromatic rings. The first-order chi connectivity index (χ1) is 10.3. The van der Waals surface area contributed by atoms with Crippen LogP contribution in [0.15, 0.2) is 29.6 Å². The fraction of sp³-hybridized carbons (Fsp3) is 0.467. The van der Waals surface area contributed by atoms with Gasteiger partial charge < -0.3 is 9.30 Å². The molecule has 0 amide bonds.